The Morgan fingerprint density at radius 3 is 1.68 bits per heavy atom. The Kier molecular flexibility index (Phi) is 9.42. The number of ether oxygens (including phenoxy) is 2. The maximum absolute atomic E-state index is 8.37. The highest BCUT2D eigenvalue weighted by molar-refractivity contribution is 7.99. The first-order valence-corrected chi connectivity index (χ1v) is 17.4. The van der Waals surface area contributed by atoms with Crippen molar-refractivity contribution in [1.82, 2.24) is 0 Å². The van der Waals surface area contributed by atoms with E-state index in [9.17, 15) is 0 Å². The summed E-state index contributed by atoms with van der Waals surface area (Å²) in [6.45, 7) is 4.60. The molecule has 0 radical (unpaired) electrons. The van der Waals surface area contributed by atoms with Gasteiger partial charge in [-0.25, -0.2) is 0 Å². The fourth-order valence-electron chi connectivity index (χ4n) is 6.48. The van der Waals surface area contributed by atoms with Gasteiger partial charge in [0.15, 0.2) is 6.23 Å². The van der Waals surface area contributed by atoms with Gasteiger partial charge < -0.3 is 20.9 Å². The van der Waals surface area contributed by atoms with Crippen molar-refractivity contribution in [3.05, 3.63) is 179 Å². The average molecular weight is 677 g/mol. The zero-order chi connectivity index (χ0) is 34.8. The average Bonchev–Trinajstić information content (AvgIpc) is 3.15. The second-order valence-corrected chi connectivity index (χ2v) is 14.1. The zero-order valence-corrected chi connectivity index (χ0v) is 28.9. The summed E-state index contributed by atoms with van der Waals surface area (Å²) in [6.07, 6.45) is -2.09. The van der Waals surface area contributed by atoms with Crippen molar-refractivity contribution in [2.45, 2.75) is 47.7 Å². The molecule has 250 valence electrons. The standard InChI is InChI=1S/C43H40N4O2S/c1-43(2)35-15-9-10-16-37(35)50-38-26-34(28-19-23-32(24-20-28)42(47)49-40(45)30-13-7-4-8-14-30)33(25-36(38)43)27-17-21-31(22-18-27)41(46)48-39(44)29-11-5-3-6-12-29/h3-26,39,41-42,45H,44,46-47H2,1-2H3. The van der Waals surface area contributed by atoms with Crippen LogP contribution in [0.4, 0.5) is 0 Å². The lowest BCUT2D eigenvalue weighted by Crippen LogP contribution is -2.24. The Morgan fingerprint density at radius 2 is 1.06 bits per heavy atom. The summed E-state index contributed by atoms with van der Waals surface area (Å²) >= 11 is 1.81. The summed E-state index contributed by atoms with van der Waals surface area (Å²) in [5, 5.41) is 8.37. The molecular weight excluding hydrogens is 637 g/mol. The van der Waals surface area contributed by atoms with Gasteiger partial charge in [0.05, 0.1) is 0 Å². The lowest BCUT2D eigenvalue weighted by atomic mass is 9.76. The van der Waals surface area contributed by atoms with Crippen LogP contribution in [0.5, 0.6) is 0 Å². The van der Waals surface area contributed by atoms with Gasteiger partial charge in [-0.1, -0.05) is 141 Å². The number of benzene rings is 6. The van der Waals surface area contributed by atoms with Crippen molar-refractivity contribution in [2.75, 3.05) is 0 Å². The van der Waals surface area contributed by atoms with Gasteiger partial charge in [0.1, 0.15) is 12.5 Å². The van der Waals surface area contributed by atoms with Crippen LogP contribution in [0.3, 0.4) is 0 Å². The second-order valence-electron chi connectivity index (χ2n) is 13.0. The number of hydrogen-bond donors (Lipinski definition) is 4. The Bertz CT molecular complexity index is 2120. The molecule has 6 aromatic carbocycles. The number of hydrogen-bond acceptors (Lipinski definition) is 7. The monoisotopic (exact) mass is 676 g/mol. The summed E-state index contributed by atoms with van der Waals surface area (Å²) < 4.78 is 11.8. The molecule has 3 unspecified atom stereocenters. The minimum absolute atomic E-state index is 0.0367. The molecule has 0 saturated carbocycles. The van der Waals surface area contributed by atoms with Crippen LogP contribution >= 0.6 is 11.8 Å². The topological polar surface area (TPSA) is 120 Å². The summed E-state index contributed by atoms with van der Waals surface area (Å²) in [6, 6.07) is 48.6. The molecule has 7 heteroatoms. The molecule has 1 heterocycles. The van der Waals surface area contributed by atoms with Gasteiger partial charge >= 0.3 is 0 Å². The zero-order valence-electron chi connectivity index (χ0n) is 28.0. The van der Waals surface area contributed by atoms with Crippen molar-refractivity contribution in [1.29, 1.82) is 5.41 Å². The van der Waals surface area contributed by atoms with E-state index in [2.05, 4.69) is 74.5 Å². The Balaban J connectivity index is 1.22. The van der Waals surface area contributed by atoms with Gasteiger partial charge in [0, 0.05) is 26.3 Å². The lowest BCUT2D eigenvalue weighted by Gasteiger charge is -2.35. The third-order valence-electron chi connectivity index (χ3n) is 9.38. The first kappa shape index (κ1) is 33.5. The smallest absolute Gasteiger partial charge is 0.215 e. The van der Waals surface area contributed by atoms with Crippen molar-refractivity contribution >= 4 is 17.7 Å². The molecule has 3 atom stereocenters. The maximum Gasteiger partial charge on any atom is 0.215 e. The van der Waals surface area contributed by atoms with Crippen LogP contribution in [-0.2, 0) is 14.9 Å². The molecule has 0 aliphatic carbocycles. The minimum atomic E-state index is -0.776. The van der Waals surface area contributed by atoms with E-state index in [-0.39, 0.29) is 11.3 Å². The van der Waals surface area contributed by atoms with Crippen molar-refractivity contribution in [3.63, 3.8) is 0 Å². The number of rotatable bonds is 9. The number of nitrogens with two attached hydrogens (primary N) is 3. The highest BCUT2D eigenvalue weighted by atomic mass is 32.2. The van der Waals surface area contributed by atoms with Gasteiger partial charge in [-0.3, -0.25) is 11.1 Å². The summed E-state index contributed by atoms with van der Waals surface area (Å²) in [4.78, 5) is 2.50. The SMILES string of the molecule is CC1(C)c2ccccc2Sc2cc(-c3ccc(C(N)OC(=N)c4ccccc4)cc3)c(-c3ccc(C(N)OC(N)c4ccccc4)cc3)cc21. The van der Waals surface area contributed by atoms with E-state index in [1.54, 1.807) is 0 Å². The van der Waals surface area contributed by atoms with Crippen molar-refractivity contribution in [3.8, 4) is 22.3 Å². The number of fused-ring (bicyclic) bond motifs is 2. The van der Waals surface area contributed by atoms with Crippen molar-refractivity contribution in [2.24, 2.45) is 17.2 Å². The van der Waals surface area contributed by atoms with E-state index >= 15 is 0 Å². The summed E-state index contributed by atoms with van der Waals surface area (Å²) in [5.41, 5.74) is 29.1. The fourth-order valence-corrected chi connectivity index (χ4v) is 7.90. The quantitative estimate of drug-likeness (QED) is 0.0688. The Hall–Kier alpha value is -5.02. The first-order chi connectivity index (χ1) is 24.2. The Morgan fingerprint density at radius 1 is 0.560 bits per heavy atom. The molecule has 0 amide bonds. The molecule has 7 N–H and O–H groups in total. The predicted molar refractivity (Wildman–Crippen MR) is 203 cm³/mol. The predicted octanol–water partition coefficient (Wildman–Crippen LogP) is 9.44. The van der Waals surface area contributed by atoms with Crippen LogP contribution in [0.15, 0.2) is 155 Å². The van der Waals surface area contributed by atoms with E-state index < -0.39 is 18.7 Å². The minimum Gasteiger partial charge on any atom is -0.454 e. The molecule has 0 saturated heterocycles. The third kappa shape index (κ3) is 6.74. The van der Waals surface area contributed by atoms with E-state index in [4.69, 9.17) is 32.1 Å². The molecule has 1 aliphatic heterocycles. The van der Waals surface area contributed by atoms with Gasteiger partial charge in [-0.2, -0.15) is 0 Å². The molecule has 50 heavy (non-hydrogen) atoms. The van der Waals surface area contributed by atoms with Gasteiger partial charge in [-0.05, 0) is 74.8 Å². The Labute approximate surface area is 297 Å². The van der Waals surface area contributed by atoms with E-state index in [0.717, 1.165) is 38.9 Å². The molecule has 1 aliphatic rings. The van der Waals surface area contributed by atoms with Crippen LogP contribution in [0, 0.1) is 5.41 Å². The summed E-state index contributed by atoms with van der Waals surface area (Å²) in [5.74, 6) is 0.0367. The van der Waals surface area contributed by atoms with Gasteiger partial charge in [0.25, 0.3) is 0 Å². The molecule has 6 nitrogen and oxygen atoms in total. The van der Waals surface area contributed by atoms with Crippen LogP contribution in [-0.4, -0.2) is 5.90 Å². The molecule has 0 bridgehead atoms. The highest BCUT2D eigenvalue weighted by Crippen LogP contribution is 2.52. The molecule has 0 fully saturated rings. The van der Waals surface area contributed by atoms with E-state index in [1.165, 1.54) is 20.9 Å². The van der Waals surface area contributed by atoms with E-state index in [0.29, 0.717) is 5.56 Å². The molecule has 0 aromatic heterocycles. The normalized spacial score (nSPS) is 14.9. The van der Waals surface area contributed by atoms with Crippen LogP contribution < -0.4 is 17.2 Å². The lowest BCUT2D eigenvalue weighted by molar-refractivity contribution is -0.00831. The van der Waals surface area contributed by atoms with Gasteiger partial charge in [0.2, 0.25) is 5.90 Å². The van der Waals surface area contributed by atoms with Crippen LogP contribution in [0.1, 0.15) is 65.9 Å². The molecular formula is C43H40N4O2S. The fraction of sp³-hybridized carbons (Fsp3) is 0.140. The van der Waals surface area contributed by atoms with Crippen molar-refractivity contribution < 1.29 is 9.47 Å². The molecule has 0 spiro atoms. The molecule has 7 rings (SSSR count). The highest BCUT2D eigenvalue weighted by Gasteiger charge is 2.34. The van der Waals surface area contributed by atoms with Gasteiger partial charge in [-0.15, -0.1) is 0 Å². The second kappa shape index (κ2) is 14.1. The number of nitrogens with one attached hydrogen (secondary N) is 1. The maximum atomic E-state index is 8.37. The largest absolute Gasteiger partial charge is 0.454 e. The van der Waals surface area contributed by atoms with Crippen LogP contribution in [0.25, 0.3) is 22.3 Å². The van der Waals surface area contributed by atoms with Crippen LogP contribution in [0.2, 0.25) is 0 Å². The third-order valence-corrected chi connectivity index (χ3v) is 10.5. The van der Waals surface area contributed by atoms with E-state index in [1.807, 2.05) is 96.7 Å². The first-order valence-electron chi connectivity index (χ1n) is 16.6. The summed E-state index contributed by atoms with van der Waals surface area (Å²) in [7, 11) is 0. The molecule has 6 aromatic rings.